The van der Waals surface area contributed by atoms with Gasteiger partial charge in [0.1, 0.15) is 0 Å². The van der Waals surface area contributed by atoms with Crippen LogP contribution in [0.5, 0.6) is 0 Å². The van der Waals surface area contributed by atoms with E-state index < -0.39 is 6.03 Å². The van der Waals surface area contributed by atoms with Crippen LogP contribution < -0.4 is 10.6 Å². The van der Waals surface area contributed by atoms with E-state index in [4.69, 9.17) is 0 Å². The number of rotatable bonds is 5. The third-order valence-electron chi connectivity index (χ3n) is 5.39. The molecule has 8 heteroatoms. The van der Waals surface area contributed by atoms with Gasteiger partial charge in [0.15, 0.2) is 0 Å². The first-order chi connectivity index (χ1) is 12.4. The first kappa shape index (κ1) is 20.6. The van der Waals surface area contributed by atoms with Crippen LogP contribution in [-0.4, -0.2) is 90.4 Å². The van der Waals surface area contributed by atoms with E-state index in [1.165, 1.54) is 6.42 Å². The van der Waals surface area contributed by atoms with Crippen LogP contribution in [0.25, 0.3) is 0 Å². The summed E-state index contributed by atoms with van der Waals surface area (Å²) < 4.78 is 0. The minimum absolute atomic E-state index is 0.215. The van der Waals surface area contributed by atoms with E-state index in [1.807, 2.05) is 11.8 Å². The second-order valence-electron chi connectivity index (χ2n) is 7.27. The Morgan fingerprint density at radius 1 is 1.08 bits per heavy atom. The molecule has 0 aromatic rings. The minimum atomic E-state index is -0.454. The van der Waals surface area contributed by atoms with E-state index in [-0.39, 0.29) is 17.9 Å². The van der Waals surface area contributed by atoms with Crippen LogP contribution in [-0.2, 0) is 9.59 Å². The molecule has 26 heavy (non-hydrogen) atoms. The molecule has 0 saturated carbocycles. The lowest BCUT2D eigenvalue weighted by atomic mass is 10.0. The fourth-order valence-corrected chi connectivity index (χ4v) is 3.65. The number of amides is 4. The average molecular weight is 367 g/mol. The quantitative estimate of drug-likeness (QED) is 0.727. The summed E-state index contributed by atoms with van der Waals surface area (Å²) in [6.07, 6.45) is 3.40. The highest BCUT2D eigenvalue weighted by atomic mass is 16.2. The van der Waals surface area contributed by atoms with Crippen molar-refractivity contribution in [2.45, 2.75) is 52.1 Å². The monoisotopic (exact) mass is 367 g/mol. The van der Waals surface area contributed by atoms with Crippen molar-refractivity contribution < 1.29 is 14.4 Å². The molecule has 2 atom stereocenters. The number of urea groups is 1. The van der Waals surface area contributed by atoms with Gasteiger partial charge in [-0.05, 0) is 40.0 Å². The van der Waals surface area contributed by atoms with Crippen LogP contribution in [0, 0.1) is 0 Å². The SMILES string of the molecule is CCNC(=O)NC(=O)[C@H](C)N1CCN(CC(=O)N2CCCC[C@H]2C)CC1. The number of carbonyl (C=O) groups excluding carboxylic acids is 3. The van der Waals surface area contributed by atoms with Crippen LogP contribution in [0.15, 0.2) is 0 Å². The molecule has 4 amide bonds. The Morgan fingerprint density at radius 2 is 1.77 bits per heavy atom. The summed E-state index contributed by atoms with van der Waals surface area (Å²) in [6, 6.07) is -0.475. The Morgan fingerprint density at radius 3 is 2.38 bits per heavy atom. The third-order valence-corrected chi connectivity index (χ3v) is 5.39. The molecule has 0 radical (unpaired) electrons. The van der Waals surface area contributed by atoms with Crippen molar-refractivity contribution in [1.29, 1.82) is 0 Å². The van der Waals surface area contributed by atoms with Crippen LogP contribution in [0.3, 0.4) is 0 Å². The number of carbonyl (C=O) groups is 3. The van der Waals surface area contributed by atoms with Crippen molar-refractivity contribution in [3.05, 3.63) is 0 Å². The van der Waals surface area contributed by atoms with Crippen molar-refractivity contribution in [2.24, 2.45) is 0 Å². The van der Waals surface area contributed by atoms with Gasteiger partial charge in [0.05, 0.1) is 12.6 Å². The molecular formula is C18H33N5O3. The van der Waals surface area contributed by atoms with Gasteiger partial charge >= 0.3 is 6.03 Å². The fourth-order valence-electron chi connectivity index (χ4n) is 3.65. The van der Waals surface area contributed by atoms with E-state index in [0.29, 0.717) is 32.2 Å². The zero-order valence-electron chi connectivity index (χ0n) is 16.3. The van der Waals surface area contributed by atoms with Crippen molar-refractivity contribution in [3.63, 3.8) is 0 Å². The highest BCUT2D eigenvalue weighted by Crippen LogP contribution is 2.17. The number of imide groups is 1. The molecule has 2 aliphatic rings. The number of hydrogen-bond acceptors (Lipinski definition) is 5. The summed E-state index contributed by atoms with van der Waals surface area (Å²) in [5.74, 6) is -0.0738. The zero-order chi connectivity index (χ0) is 19.1. The first-order valence-electron chi connectivity index (χ1n) is 9.77. The molecule has 2 heterocycles. The number of likely N-dealkylation sites (tertiary alicyclic amines) is 1. The molecule has 8 nitrogen and oxygen atoms in total. The molecule has 0 bridgehead atoms. The average Bonchev–Trinajstić information content (AvgIpc) is 2.62. The second kappa shape index (κ2) is 9.87. The van der Waals surface area contributed by atoms with Crippen LogP contribution >= 0.6 is 0 Å². The summed E-state index contributed by atoms with van der Waals surface area (Å²) in [6.45, 7) is 10.5. The van der Waals surface area contributed by atoms with E-state index in [0.717, 1.165) is 32.5 Å². The lowest BCUT2D eigenvalue weighted by molar-refractivity contribution is -0.136. The molecular weight excluding hydrogens is 334 g/mol. The highest BCUT2D eigenvalue weighted by Gasteiger charge is 2.29. The van der Waals surface area contributed by atoms with E-state index in [1.54, 1.807) is 6.92 Å². The van der Waals surface area contributed by atoms with Crippen molar-refractivity contribution >= 4 is 17.8 Å². The molecule has 2 fully saturated rings. The summed E-state index contributed by atoms with van der Waals surface area (Å²) >= 11 is 0. The van der Waals surface area contributed by atoms with E-state index in [9.17, 15) is 14.4 Å². The van der Waals surface area contributed by atoms with Gasteiger partial charge < -0.3 is 10.2 Å². The maximum Gasteiger partial charge on any atom is 0.321 e. The Hall–Kier alpha value is -1.67. The predicted octanol–water partition coefficient (Wildman–Crippen LogP) is 0.239. The maximum atomic E-state index is 12.5. The van der Waals surface area contributed by atoms with Crippen LogP contribution in [0.2, 0.25) is 0 Å². The summed E-state index contributed by atoms with van der Waals surface area (Å²) in [5, 5.41) is 4.92. The third kappa shape index (κ3) is 5.67. The van der Waals surface area contributed by atoms with Gasteiger partial charge in [0.2, 0.25) is 11.8 Å². The highest BCUT2D eigenvalue weighted by molar-refractivity contribution is 5.96. The number of nitrogens with zero attached hydrogens (tertiary/aromatic N) is 3. The number of piperazine rings is 1. The normalized spacial score (nSPS) is 23.3. The van der Waals surface area contributed by atoms with Crippen LogP contribution in [0.1, 0.15) is 40.0 Å². The largest absolute Gasteiger partial charge is 0.339 e. The Bertz CT molecular complexity index is 505. The van der Waals surface area contributed by atoms with Gasteiger partial charge in [-0.25, -0.2) is 4.79 Å². The predicted molar refractivity (Wildman–Crippen MR) is 99.7 cm³/mol. The zero-order valence-corrected chi connectivity index (χ0v) is 16.3. The molecule has 2 aliphatic heterocycles. The smallest absolute Gasteiger partial charge is 0.321 e. The lowest BCUT2D eigenvalue weighted by Crippen LogP contribution is -2.57. The van der Waals surface area contributed by atoms with Gasteiger partial charge in [-0.15, -0.1) is 0 Å². The lowest BCUT2D eigenvalue weighted by Gasteiger charge is -2.39. The first-order valence-corrected chi connectivity index (χ1v) is 9.77. The van der Waals surface area contributed by atoms with Crippen molar-refractivity contribution in [2.75, 3.05) is 45.8 Å². The molecule has 0 aliphatic carbocycles. The van der Waals surface area contributed by atoms with Gasteiger partial charge in [0, 0.05) is 45.3 Å². The Balaban J connectivity index is 1.75. The molecule has 148 valence electrons. The van der Waals surface area contributed by atoms with Crippen molar-refractivity contribution in [3.8, 4) is 0 Å². The van der Waals surface area contributed by atoms with E-state index in [2.05, 4.69) is 27.4 Å². The van der Waals surface area contributed by atoms with Gasteiger partial charge in [-0.2, -0.15) is 0 Å². The molecule has 0 aromatic heterocycles. The fraction of sp³-hybridized carbons (Fsp3) is 0.833. The van der Waals surface area contributed by atoms with Gasteiger partial charge in [0.25, 0.3) is 0 Å². The Kier molecular flexibility index (Phi) is 7.84. The van der Waals surface area contributed by atoms with Crippen LogP contribution in [0.4, 0.5) is 4.79 Å². The maximum absolute atomic E-state index is 12.5. The molecule has 0 spiro atoms. The molecule has 0 unspecified atom stereocenters. The minimum Gasteiger partial charge on any atom is -0.339 e. The molecule has 0 aromatic carbocycles. The topological polar surface area (TPSA) is 85.0 Å². The van der Waals surface area contributed by atoms with Gasteiger partial charge in [-0.1, -0.05) is 0 Å². The van der Waals surface area contributed by atoms with E-state index >= 15 is 0 Å². The van der Waals surface area contributed by atoms with Gasteiger partial charge in [-0.3, -0.25) is 24.7 Å². The molecule has 2 rings (SSSR count). The Labute approximate surface area is 156 Å². The van der Waals surface area contributed by atoms with Crippen molar-refractivity contribution in [1.82, 2.24) is 25.3 Å². The summed E-state index contributed by atoms with van der Waals surface area (Å²) in [5.41, 5.74) is 0. The summed E-state index contributed by atoms with van der Waals surface area (Å²) in [7, 11) is 0. The summed E-state index contributed by atoms with van der Waals surface area (Å²) in [4.78, 5) is 42.4. The molecule has 2 saturated heterocycles. The standard InChI is InChI=1S/C18H33N5O3/c1-4-19-18(26)20-17(25)15(3)22-11-9-21(10-12-22)13-16(24)23-8-6-5-7-14(23)2/h14-15H,4-13H2,1-3H3,(H2,19,20,25,26)/t14-,15+/m1/s1. The number of piperidine rings is 1. The number of nitrogens with one attached hydrogen (secondary N) is 2. The second-order valence-corrected chi connectivity index (χ2v) is 7.27. The number of hydrogen-bond donors (Lipinski definition) is 2. The molecule has 2 N–H and O–H groups in total.